The molecular formula is C16H16FNO3. The van der Waals surface area contributed by atoms with Gasteiger partial charge in [0, 0.05) is 0 Å². The molecule has 2 aromatic carbocycles. The number of para-hydroxylation sites is 1. The van der Waals surface area contributed by atoms with Gasteiger partial charge in [-0.05, 0) is 36.8 Å². The molecule has 0 spiro atoms. The third kappa shape index (κ3) is 3.95. The average molecular weight is 289 g/mol. The lowest BCUT2D eigenvalue weighted by Crippen LogP contribution is -2.29. The van der Waals surface area contributed by atoms with Crippen molar-refractivity contribution in [1.29, 1.82) is 0 Å². The highest BCUT2D eigenvalue weighted by Crippen LogP contribution is 2.21. The summed E-state index contributed by atoms with van der Waals surface area (Å²) in [5.41, 5.74) is 0.623. The monoisotopic (exact) mass is 289 g/mol. The number of ether oxygens (including phenoxy) is 2. The number of hydrogen-bond acceptors (Lipinski definition) is 3. The van der Waals surface area contributed by atoms with E-state index in [0.717, 1.165) is 0 Å². The van der Waals surface area contributed by atoms with Crippen molar-refractivity contribution in [2.24, 2.45) is 0 Å². The van der Waals surface area contributed by atoms with E-state index in [9.17, 15) is 9.18 Å². The summed E-state index contributed by atoms with van der Waals surface area (Å²) in [5.74, 6) is 0.140. The normalized spacial score (nSPS) is 11.6. The molecule has 1 amide bonds. The second-order valence-corrected chi connectivity index (χ2v) is 4.46. The molecule has 0 aliphatic heterocycles. The number of methoxy groups -OCH3 is 1. The van der Waals surface area contributed by atoms with Crippen molar-refractivity contribution in [2.75, 3.05) is 7.11 Å². The first kappa shape index (κ1) is 14.8. The Bertz CT molecular complexity index is 616. The van der Waals surface area contributed by atoms with Gasteiger partial charge in [0.1, 0.15) is 5.75 Å². The van der Waals surface area contributed by atoms with E-state index in [1.807, 2.05) is 6.07 Å². The van der Waals surface area contributed by atoms with Crippen LogP contribution in [0.15, 0.2) is 48.5 Å². The zero-order valence-electron chi connectivity index (χ0n) is 11.8. The van der Waals surface area contributed by atoms with Crippen LogP contribution in [0, 0.1) is 5.82 Å². The van der Waals surface area contributed by atoms with Gasteiger partial charge in [0.2, 0.25) is 0 Å². The zero-order valence-corrected chi connectivity index (χ0v) is 11.8. The highest BCUT2D eigenvalue weighted by Gasteiger charge is 2.13. The van der Waals surface area contributed by atoms with Crippen LogP contribution >= 0.6 is 0 Å². The van der Waals surface area contributed by atoms with Crippen molar-refractivity contribution in [1.82, 2.24) is 5.32 Å². The van der Waals surface area contributed by atoms with Crippen molar-refractivity contribution in [3.05, 3.63) is 59.9 Å². The van der Waals surface area contributed by atoms with Gasteiger partial charge in [-0.25, -0.2) is 9.18 Å². The number of amides is 1. The molecule has 5 heteroatoms. The number of hydrogen-bond donors (Lipinski definition) is 1. The zero-order chi connectivity index (χ0) is 15.2. The Kier molecular flexibility index (Phi) is 4.77. The smallest absolute Gasteiger partial charge is 0.413 e. The SMILES string of the molecule is COc1ccc(C(C)NC(=O)Oc2ccccc2)cc1F. The molecule has 2 rings (SSSR count). The Morgan fingerprint density at radius 1 is 1.19 bits per heavy atom. The second-order valence-electron chi connectivity index (χ2n) is 4.46. The van der Waals surface area contributed by atoms with Gasteiger partial charge < -0.3 is 14.8 Å². The molecule has 0 radical (unpaired) electrons. The molecule has 0 heterocycles. The van der Waals surface area contributed by atoms with Gasteiger partial charge in [-0.2, -0.15) is 0 Å². The molecule has 110 valence electrons. The third-order valence-electron chi connectivity index (χ3n) is 2.96. The van der Waals surface area contributed by atoms with Crippen LogP contribution in [0.2, 0.25) is 0 Å². The predicted octanol–water partition coefficient (Wildman–Crippen LogP) is 3.68. The maximum Gasteiger partial charge on any atom is 0.413 e. The van der Waals surface area contributed by atoms with Crippen molar-refractivity contribution < 1.29 is 18.7 Å². The van der Waals surface area contributed by atoms with Crippen LogP contribution in [-0.2, 0) is 0 Å². The number of benzene rings is 2. The van der Waals surface area contributed by atoms with Crippen molar-refractivity contribution in [3.63, 3.8) is 0 Å². The number of carbonyl (C=O) groups is 1. The lowest BCUT2D eigenvalue weighted by Gasteiger charge is -2.15. The molecule has 1 atom stereocenters. The third-order valence-corrected chi connectivity index (χ3v) is 2.96. The number of halogens is 1. The average Bonchev–Trinajstić information content (AvgIpc) is 2.48. The molecule has 0 bridgehead atoms. The van der Waals surface area contributed by atoms with Crippen molar-refractivity contribution in [3.8, 4) is 11.5 Å². The molecule has 4 nitrogen and oxygen atoms in total. The molecule has 0 saturated carbocycles. The van der Waals surface area contributed by atoms with E-state index in [4.69, 9.17) is 9.47 Å². The van der Waals surface area contributed by atoms with Crippen molar-refractivity contribution in [2.45, 2.75) is 13.0 Å². The summed E-state index contributed by atoms with van der Waals surface area (Å²) in [6.07, 6.45) is -0.593. The van der Waals surface area contributed by atoms with Gasteiger partial charge in [-0.1, -0.05) is 24.3 Å². The molecule has 0 saturated heterocycles. The first-order valence-electron chi connectivity index (χ1n) is 6.47. The Balaban J connectivity index is 1.99. The minimum atomic E-state index is -0.593. The van der Waals surface area contributed by atoms with Crippen LogP contribution in [-0.4, -0.2) is 13.2 Å². The summed E-state index contributed by atoms with van der Waals surface area (Å²) in [6.45, 7) is 1.74. The Labute approximate surface area is 122 Å². The molecule has 2 aromatic rings. The van der Waals surface area contributed by atoms with E-state index in [2.05, 4.69) is 5.32 Å². The van der Waals surface area contributed by atoms with E-state index in [-0.39, 0.29) is 11.8 Å². The molecule has 1 unspecified atom stereocenters. The lowest BCUT2D eigenvalue weighted by molar-refractivity contribution is 0.197. The second kappa shape index (κ2) is 6.74. The number of nitrogens with one attached hydrogen (secondary N) is 1. The summed E-state index contributed by atoms with van der Waals surface area (Å²) in [4.78, 5) is 11.8. The topological polar surface area (TPSA) is 47.6 Å². The summed E-state index contributed by atoms with van der Waals surface area (Å²) in [6, 6.07) is 12.9. The van der Waals surface area contributed by atoms with Gasteiger partial charge in [0.25, 0.3) is 0 Å². The quantitative estimate of drug-likeness (QED) is 0.934. The van der Waals surface area contributed by atoms with Gasteiger partial charge in [-0.3, -0.25) is 0 Å². The molecule has 0 aliphatic rings. The van der Waals surface area contributed by atoms with E-state index in [1.54, 1.807) is 37.3 Å². The first-order chi connectivity index (χ1) is 10.1. The van der Waals surface area contributed by atoms with E-state index in [0.29, 0.717) is 11.3 Å². The Morgan fingerprint density at radius 2 is 1.90 bits per heavy atom. The van der Waals surface area contributed by atoms with Crippen LogP contribution in [0.25, 0.3) is 0 Å². The molecule has 0 aromatic heterocycles. The van der Waals surface area contributed by atoms with E-state index in [1.165, 1.54) is 19.2 Å². The van der Waals surface area contributed by atoms with Gasteiger partial charge in [0.05, 0.1) is 13.2 Å². The summed E-state index contributed by atoms with van der Waals surface area (Å²) in [5, 5.41) is 2.64. The van der Waals surface area contributed by atoms with Crippen LogP contribution in [0.3, 0.4) is 0 Å². The summed E-state index contributed by atoms with van der Waals surface area (Å²) >= 11 is 0. The highest BCUT2D eigenvalue weighted by atomic mass is 19.1. The fourth-order valence-electron chi connectivity index (χ4n) is 1.84. The van der Waals surface area contributed by atoms with E-state index >= 15 is 0 Å². The standard InChI is InChI=1S/C16H16FNO3/c1-11(12-8-9-15(20-2)14(17)10-12)18-16(19)21-13-6-4-3-5-7-13/h3-11H,1-2H3,(H,18,19). The molecule has 1 N–H and O–H groups in total. The van der Waals surface area contributed by atoms with Crippen LogP contribution < -0.4 is 14.8 Å². The maximum absolute atomic E-state index is 13.6. The predicted molar refractivity (Wildman–Crippen MR) is 77.0 cm³/mol. The first-order valence-corrected chi connectivity index (χ1v) is 6.47. The number of carbonyl (C=O) groups excluding carboxylic acids is 1. The van der Waals surface area contributed by atoms with Gasteiger partial charge >= 0.3 is 6.09 Å². The number of rotatable bonds is 4. The molecule has 0 fully saturated rings. The van der Waals surface area contributed by atoms with Crippen LogP contribution in [0.5, 0.6) is 11.5 Å². The van der Waals surface area contributed by atoms with Gasteiger partial charge in [0.15, 0.2) is 11.6 Å². The maximum atomic E-state index is 13.6. The lowest BCUT2D eigenvalue weighted by atomic mass is 10.1. The summed E-state index contributed by atoms with van der Waals surface area (Å²) in [7, 11) is 1.40. The van der Waals surface area contributed by atoms with Crippen LogP contribution in [0.4, 0.5) is 9.18 Å². The fraction of sp³-hybridized carbons (Fsp3) is 0.188. The molecule has 0 aliphatic carbocycles. The van der Waals surface area contributed by atoms with Crippen molar-refractivity contribution >= 4 is 6.09 Å². The minimum Gasteiger partial charge on any atom is -0.494 e. The highest BCUT2D eigenvalue weighted by molar-refractivity contribution is 5.70. The van der Waals surface area contributed by atoms with Gasteiger partial charge in [-0.15, -0.1) is 0 Å². The fourth-order valence-corrected chi connectivity index (χ4v) is 1.84. The Morgan fingerprint density at radius 3 is 2.52 bits per heavy atom. The Hall–Kier alpha value is -2.56. The molecule has 21 heavy (non-hydrogen) atoms. The minimum absolute atomic E-state index is 0.165. The van der Waals surface area contributed by atoms with E-state index < -0.39 is 11.9 Å². The molecular weight excluding hydrogens is 273 g/mol. The van der Waals surface area contributed by atoms with Crippen LogP contribution in [0.1, 0.15) is 18.5 Å². The largest absolute Gasteiger partial charge is 0.494 e. The summed E-state index contributed by atoms with van der Waals surface area (Å²) < 4.78 is 23.6.